The Labute approximate surface area is 367 Å². The lowest BCUT2D eigenvalue weighted by atomic mass is 9.77. The van der Waals surface area contributed by atoms with Gasteiger partial charge in [-0.3, -0.25) is 24.0 Å². The molecule has 0 aromatic heterocycles. The van der Waals surface area contributed by atoms with Crippen LogP contribution in [0.2, 0.25) is 0 Å². The first kappa shape index (κ1) is 68.3. The molecule has 2 aliphatic heterocycles. The van der Waals surface area contributed by atoms with Crippen molar-refractivity contribution in [1.82, 2.24) is 0 Å². The summed E-state index contributed by atoms with van der Waals surface area (Å²) >= 11 is 0. The van der Waals surface area contributed by atoms with Crippen molar-refractivity contribution in [2.45, 2.75) is 225 Å². The Morgan fingerprint density at radius 1 is 0.610 bits per heavy atom. The first-order chi connectivity index (χ1) is 23.6. The molecule has 6 rings (SSSR count). The zero-order valence-electron chi connectivity index (χ0n) is 33.9. The monoisotopic (exact) mass is 847 g/mol. The number of cyclic esters (lactones) is 3. The summed E-state index contributed by atoms with van der Waals surface area (Å²) in [5.74, 6) is 4.83. The summed E-state index contributed by atoms with van der Waals surface area (Å²) in [4.78, 5) is 55.7. The maximum absolute atomic E-state index is 12.3. The van der Waals surface area contributed by atoms with Gasteiger partial charge in [0.1, 0.15) is 18.3 Å². The molecule has 9 heteroatoms. The number of hydrogen-bond acceptors (Lipinski definition) is 9. The summed E-state index contributed by atoms with van der Waals surface area (Å²) < 4.78 is 20.3. The molecule has 6 aliphatic rings. The SMILES string of the molecule is C.C.C.C.C.C.C.C.CC1C(=O)OC(=O)C1C.CC1C2CCC(C2)C1C.CCC(C)(C)C(=O)OC(C)(C)C1CC2CCC1C2.CCC(C)(C)C(=O)OCC1CCC(=O)O1. The third kappa shape index (κ3) is 17.8. The molecule has 0 N–H and O–H groups in total. The lowest BCUT2D eigenvalue weighted by Crippen LogP contribution is -2.42. The van der Waals surface area contributed by atoms with Gasteiger partial charge in [0, 0.05) is 12.3 Å². The molecule has 59 heavy (non-hydrogen) atoms. The molecule has 0 spiro atoms. The molecular weight excluding hydrogens is 745 g/mol. The molecule has 6 fully saturated rings. The fraction of sp³-hybridized carbons (Fsp3) is 0.900. The minimum absolute atomic E-state index is 0. The molecule has 10 atom stereocenters. The Kier molecular flexibility index (Phi) is 32.7. The molecule has 0 amide bonds. The Hall–Kier alpha value is -2.45. The number of rotatable bonds is 8. The second kappa shape index (κ2) is 28.2. The molecule has 4 aliphatic carbocycles. The van der Waals surface area contributed by atoms with Gasteiger partial charge in [0.05, 0.1) is 22.7 Å². The molecule has 0 radical (unpaired) electrons. The lowest BCUT2D eigenvalue weighted by Gasteiger charge is -2.38. The van der Waals surface area contributed by atoms with E-state index in [1.807, 2.05) is 41.5 Å². The van der Waals surface area contributed by atoms with Gasteiger partial charge in [0.2, 0.25) is 0 Å². The van der Waals surface area contributed by atoms with Crippen molar-refractivity contribution in [2.24, 2.45) is 64.1 Å². The van der Waals surface area contributed by atoms with Gasteiger partial charge in [-0.2, -0.15) is 0 Å². The van der Waals surface area contributed by atoms with Gasteiger partial charge in [-0.05, 0) is 135 Å². The summed E-state index contributed by atoms with van der Waals surface area (Å²) in [6.45, 7) is 24.3. The van der Waals surface area contributed by atoms with E-state index in [2.05, 4.69) is 32.4 Å². The topological polar surface area (TPSA) is 122 Å². The largest absolute Gasteiger partial charge is 0.461 e. The van der Waals surface area contributed by atoms with E-state index in [4.69, 9.17) is 14.2 Å². The Morgan fingerprint density at radius 2 is 1.05 bits per heavy atom. The lowest BCUT2D eigenvalue weighted by molar-refractivity contribution is -0.174. The van der Waals surface area contributed by atoms with Crippen LogP contribution in [-0.2, 0) is 42.9 Å². The van der Waals surface area contributed by atoms with E-state index in [0.717, 1.165) is 48.3 Å². The summed E-state index contributed by atoms with van der Waals surface area (Å²) in [5.41, 5.74) is -1.10. The van der Waals surface area contributed by atoms with Gasteiger partial charge in [-0.25, -0.2) is 0 Å². The van der Waals surface area contributed by atoms with Gasteiger partial charge >= 0.3 is 29.8 Å². The molecule has 9 nitrogen and oxygen atoms in total. The van der Waals surface area contributed by atoms with E-state index < -0.39 is 17.4 Å². The van der Waals surface area contributed by atoms with Gasteiger partial charge in [-0.1, -0.05) is 107 Å². The van der Waals surface area contributed by atoms with Crippen molar-refractivity contribution in [3.63, 3.8) is 0 Å². The van der Waals surface area contributed by atoms with Crippen molar-refractivity contribution >= 4 is 29.8 Å². The van der Waals surface area contributed by atoms with Gasteiger partial charge in [-0.15, -0.1) is 0 Å². The molecule has 356 valence electrons. The van der Waals surface area contributed by atoms with Crippen LogP contribution >= 0.6 is 0 Å². The third-order valence-corrected chi connectivity index (χ3v) is 13.8. The zero-order chi connectivity index (χ0) is 38.5. The van der Waals surface area contributed by atoms with Crippen molar-refractivity contribution in [1.29, 1.82) is 0 Å². The molecule has 4 saturated carbocycles. The molecule has 0 aromatic rings. The van der Waals surface area contributed by atoms with Crippen LogP contribution in [0.15, 0.2) is 0 Å². The highest BCUT2D eigenvalue weighted by atomic mass is 16.6. The first-order valence-electron chi connectivity index (χ1n) is 20.0. The first-order valence-corrected chi connectivity index (χ1v) is 20.0. The molecule has 10 unspecified atom stereocenters. The Morgan fingerprint density at radius 3 is 1.36 bits per heavy atom. The average molecular weight is 847 g/mol. The fourth-order valence-electron chi connectivity index (χ4n) is 8.46. The number of ether oxygens (including phenoxy) is 4. The van der Waals surface area contributed by atoms with E-state index in [-0.39, 0.29) is 113 Å². The number of hydrogen-bond donors (Lipinski definition) is 0. The van der Waals surface area contributed by atoms with Gasteiger partial charge in [0.25, 0.3) is 0 Å². The minimum atomic E-state index is -0.456. The molecule has 2 heterocycles. The predicted octanol–water partition coefficient (Wildman–Crippen LogP) is 14.0. The van der Waals surface area contributed by atoms with E-state index in [1.54, 1.807) is 20.3 Å². The summed E-state index contributed by atoms with van der Waals surface area (Å²) in [5, 5.41) is 0. The third-order valence-electron chi connectivity index (χ3n) is 13.8. The van der Waals surface area contributed by atoms with E-state index in [0.29, 0.717) is 18.8 Å². The van der Waals surface area contributed by atoms with Crippen LogP contribution in [0.3, 0.4) is 0 Å². The number of esters is 5. The Balaban J connectivity index is -0.000000157. The van der Waals surface area contributed by atoms with Crippen LogP contribution in [0.25, 0.3) is 0 Å². The second-order valence-electron chi connectivity index (χ2n) is 18.4. The maximum atomic E-state index is 12.3. The summed E-state index contributed by atoms with van der Waals surface area (Å²) in [7, 11) is 0. The van der Waals surface area contributed by atoms with Crippen LogP contribution in [0.5, 0.6) is 0 Å². The van der Waals surface area contributed by atoms with Crippen LogP contribution in [0.1, 0.15) is 213 Å². The van der Waals surface area contributed by atoms with Crippen molar-refractivity contribution in [2.75, 3.05) is 6.61 Å². The fourth-order valence-corrected chi connectivity index (χ4v) is 8.46. The Bertz CT molecular complexity index is 1200. The van der Waals surface area contributed by atoms with Crippen LogP contribution in [0, 0.1) is 64.1 Å². The molecular formula is C50H102O9. The normalized spacial score (nSPS) is 29.1. The average Bonchev–Trinajstić information content (AvgIpc) is 3.95. The highest BCUT2D eigenvalue weighted by molar-refractivity contribution is 5.95. The number of carbonyl (C=O) groups excluding carboxylic acids is 5. The molecule has 4 bridgehead atoms. The smallest absolute Gasteiger partial charge is 0.317 e. The maximum Gasteiger partial charge on any atom is 0.317 e. The summed E-state index contributed by atoms with van der Waals surface area (Å²) in [6.07, 6.45) is 12.4. The zero-order valence-corrected chi connectivity index (χ0v) is 33.9. The van der Waals surface area contributed by atoms with Crippen molar-refractivity contribution < 1.29 is 42.9 Å². The quantitative estimate of drug-likeness (QED) is 0.133. The molecule has 2 saturated heterocycles. The highest BCUT2D eigenvalue weighted by Gasteiger charge is 2.49. The van der Waals surface area contributed by atoms with Crippen LogP contribution in [-0.4, -0.2) is 48.2 Å². The van der Waals surface area contributed by atoms with E-state index in [1.165, 1.54) is 38.5 Å². The summed E-state index contributed by atoms with van der Waals surface area (Å²) in [6, 6.07) is 0. The van der Waals surface area contributed by atoms with Crippen molar-refractivity contribution in [3.8, 4) is 0 Å². The highest BCUT2D eigenvalue weighted by Crippen LogP contribution is 2.53. The van der Waals surface area contributed by atoms with Crippen LogP contribution in [0.4, 0.5) is 0 Å². The number of fused-ring (bicyclic) bond motifs is 4. The minimum Gasteiger partial charge on any atom is -0.461 e. The molecule has 0 aromatic carbocycles. The van der Waals surface area contributed by atoms with E-state index in [9.17, 15) is 24.0 Å². The standard InChI is InChI=1S/C16H28O2.C11H18O4.C9H16.C6H8O3.8CH4/c1-6-15(2,3)14(17)18-16(4,5)13-10-11-7-8-12(13)9-11;1-4-11(2,3)10(13)14-7-8-5-6-9(12)15-8;1-6-7(2)9-4-3-8(6)5-9;1-3-4(2)6(8)9-5(3)7;;;;;;;;/h11-13H,6-10H2,1-5H3;8H,4-7H2,1-3H3;6-9H,3-5H2,1-2H3;3-4H,1-2H3;8*1H4. The van der Waals surface area contributed by atoms with Crippen molar-refractivity contribution in [3.05, 3.63) is 0 Å². The van der Waals surface area contributed by atoms with E-state index >= 15 is 0 Å². The van der Waals surface area contributed by atoms with Crippen LogP contribution < -0.4 is 0 Å². The second-order valence-corrected chi connectivity index (χ2v) is 18.4. The number of carbonyl (C=O) groups is 5. The van der Waals surface area contributed by atoms with Gasteiger partial charge < -0.3 is 18.9 Å². The predicted molar refractivity (Wildman–Crippen MR) is 250 cm³/mol. The van der Waals surface area contributed by atoms with Gasteiger partial charge in [0.15, 0.2) is 0 Å².